The Labute approximate surface area is 69.5 Å². The second-order valence-corrected chi connectivity index (χ2v) is 3.31. The monoisotopic (exact) mass is 178 g/mol. The first-order chi connectivity index (χ1) is 4.54. The van der Waals surface area contributed by atoms with Crippen molar-refractivity contribution in [2.24, 2.45) is 11.5 Å². The highest BCUT2D eigenvalue weighted by Gasteiger charge is 2.30. The Morgan fingerprint density at radius 1 is 1.60 bits per heavy atom. The van der Waals surface area contributed by atoms with Gasteiger partial charge in [0.2, 0.25) is 0 Å². The van der Waals surface area contributed by atoms with E-state index < -0.39 is 11.0 Å². The van der Waals surface area contributed by atoms with Crippen molar-refractivity contribution in [3.05, 3.63) is 23.3 Å². The average Bonchev–Trinajstić information content (AvgIpc) is 1.83. The lowest BCUT2D eigenvalue weighted by Gasteiger charge is -2.27. The van der Waals surface area contributed by atoms with Gasteiger partial charge in [0.1, 0.15) is 5.00 Å². The first kappa shape index (κ1) is 8.08. The van der Waals surface area contributed by atoms with Crippen molar-refractivity contribution >= 4 is 23.2 Å². The van der Waals surface area contributed by atoms with Gasteiger partial charge in [-0.15, -0.1) is 0 Å². The summed E-state index contributed by atoms with van der Waals surface area (Å²) in [5, 5.41) is 0.486. The molecule has 2 nitrogen and oxygen atoms in total. The minimum atomic E-state index is -1.02. The molecule has 4 N–H and O–H groups in total. The maximum absolute atomic E-state index is 5.76. The fraction of sp³-hybridized carbons (Fsp3) is 0.333. The summed E-state index contributed by atoms with van der Waals surface area (Å²) in [6.07, 6.45) is 4.99. The molecule has 2 atom stereocenters. The summed E-state index contributed by atoms with van der Waals surface area (Å²) >= 11 is 11.4. The lowest BCUT2D eigenvalue weighted by Crippen LogP contribution is -2.50. The van der Waals surface area contributed by atoms with E-state index in [1.165, 1.54) is 0 Å². The van der Waals surface area contributed by atoms with Crippen molar-refractivity contribution in [2.45, 2.75) is 11.0 Å². The second kappa shape index (κ2) is 2.55. The summed E-state index contributed by atoms with van der Waals surface area (Å²) < 4.78 is 0. The summed E-state index contributed by atoms with van der Waals surface area (Å²) in [6, 6.07) is -0.499. The van der Waals surface area contributed by atoms with Gasteiger partial charge < -0.3 is 11.5 Å². The number of nitrogens with two attached hydrogens (primary N) is 2. The van der Waals surface area contributed by atoms with Gasteiger partial charge in [-0.05, 0) is 12.2 Å². The number of hydrogen-bond acceptors (Lipinski definition) is 2. The molecule has 2 unspecified atom stereocenters. The summed E-state index contributed by atoms with van der Waals surface area (Å²) in [7, 11) is 0. The Kier molecular flexibility index (Phi) is 2.06. The van der Waals surface area contributed by atoms with Crippen LogP contribution in [-0.2, 0) is 0 Å². The highest BCUT2D eigenvalue weighted by molar-refractivity contribution is 6.33. The van der Waals surface area contributed by atoms with Gasteiger partial charge >= 0.3 is 0 Å². The van der Waals surface area contributed by atoms with Crippen LogP contribution >= 0.6 is 23.2 Å². The third kappa shape index (κ3) is 1.35. The molecule has 1 aliphatic rings. The lowest BCUT2D eigenvalue weighted by molar-refractivity contribution is 0.626. The molecule has 0 saturated heterocycles. The third-order valence-electron chi connectivity index (χ3n) is 1.38. The zero-order valence-corrected chi connectivity index (χ0v) is 6.73. The number of alkyl halides is 1. The van der Waals surface area contributed by atoms with Gasteiger partial charge in [-0.3, -0.25) is 0 Å². The normalized spacial score (nSPS) is 39.6. The van der Waals surface area contributed by atoms with E-state index in [1.807, 2.05) is 0 Å². The van der Waals surface area contributed by atoms with Crippen LogP contribution in [0.2, 0.25) is 0 Å². The number of rotatable bonds is 0. The highest BCUT2D eigenvalue weighted by Crippen LogP contribution is 2.25. The predicted molar refractivity (Wildman–Crippen MR) is 43.8 cm³/mol. The maximum Gasteiger partial charge on any atom is 0.130 e. The zero-order valence-electron chi connectivity index (χ0n) is 5.22. The summed E-state index contributed by atoms with van der Waals surface area (Å²) in [5.41, 5.74) is 11.1. The fourth-order valence-corrected chi connectivity index (χ4v) is 1.21. The van der Waals surface area contributed by atoms with Crippen LogP contribution in [-0.4, -0.2) is 11.0 Å². The van der Waals surface area contributed by atoms with Crippen LogP contribution in [0.3, 0.4) is 0 Å². The molecular formula is C6H8Cl2N2. The van der Waals surface area contributed by atoms with Crippen molar-refractivity contribution in [1.82, 2.24) is 0 Å². The van der Waals surface area contributed by atoms with E-state index in [4.69, 9.17) is 34.7 Å². The topological polar surface area (TPSA) is 52.0 Å². The Hall–Kier alpha value is -0.0200. The standard InChI is InChI=1S/C6H8Cl2N2/c7-4-2-1-3-6(8,10)5(4)9/h1-3,5H,9-10H2. The highest BCUT2D eigenvalue weighted by atomic mass is 35.5. The Bertz CT molecular complexity index is 196. The SMILES string of the molecule is NC1C(Cl)=CC=CC1(N)Cl. The first-order valence-electron chi connectivity index (χ1n) is 2.82. The van der Waals surface area contributed by atoms with Crippen molar-refractivity contribution in [3.8, 4) is 0 Å². The van der Waals surface area contributed by atoms with E-state index in [0.29, 0.717) is 5.03 Å². The molecule has 0 aliphatic heterocycles. The molecule has 0 radical (unpaired) electrons. The van der Waals surface area contributed by atoms with Crippen LogP contribution in [0.4, 0.5) is 0 Å². The Morgan fingerprint density at radius 2 is 2.20 bits per heavy atom. The van der Waals surface area contributed by atoms with Crippen LogP contribution in [0.1, 0.15) is 0 Å². The molecule has 0 bridgehead atoms. The number of halogens is 2. The minimum absolute atomic E-state index is 0.486. The largest absolute Gasteiger partial charge is 0.320 e. The first-order valence-corrected chi connectivity index (χ1v) is 3.58. The molecule has 0 amide bonds. The second-order valence-electron chi connectivity index (χ2n) is 2.22. The smallest absolute Gasteiger partial charge is 0.130 e. The van der Waals surface area contributed by atoms with Gasteiger partial charge in [-0.1, -0.05) is 29.3 Å². The molecule has 4 heteroatoms. The fourth-order valence-electron chi connectivity index (χ4n) is 0.706. The molecule has 0 heterocycles. The van der Waals surface area contributed by atoms with Gasteiger partial charge in [-0.25, -0.2) is 0 Å². The molecule has 56 valence electrons. The van der Waals surface area contributed by atoms with E-state index in [-0.39, 0.29) is 0 Å². The molecule has 0 fully saturated rings. The lowest BCUT2D eigenvalue weighted by atomic mass is 10.0. The quantitative estimate of drug-likeness (QED) is 0.428. The molecule has 0 spiro atoms. The van der Waals surface area contributed by atoms with Crippen LogP contribution < -0.4 is 11.5 Å². The molecule has 0 aromatic rings. The van der Waals surface area contributed by atoms with E-state index >= 15 is 0 Å². The molecule has 0 saturated carbocycles. The van der Waals surface area contributed by atoms with Gasteiger partial charge in [0.05, 0.1) is 6.04 Å². The van der Waals surface area contributed by atoms with Crippen LogP contribution in [0.5, 0.6) is 0 Å². The Balaban J connectivity index is 2.89. The van der Waals surface area contributed by atoms with Crippen molar-refractivity contribution in [2.75, 3.05) is 0 Å². The maximum atomic E-state index is 5.76. The third-order valence-corrected chi connectivity index (χ3v) is 2.10. The van der Waals surface area contributed by atoms with Gasteiger partial charge in [0, 0.05) is 5.03 Å². The minimum Gasteiger partial charge on any atom is -0.320 e. The van der Waals surface area contributed by atoms with E-state index in [0.717, 1.165) is 0 Å². The molecule has 10 heavy (non-hydrogen) atoms. The van der Waals surface area contributed by atoms with E-state index in [9.17, 15) is 0 Å². The van der Waals surface area contributed by atoms with Crippen LogP contribution in [0, 0.1) is 0 Å². The van der Waals surface area contributed by atoms with Gasteiger partial charge in [0.15, 0.2) is 0 Å². The molecule has 1 rings (SSSR count). The number of hydrogen-bond donors (Lipinski definition) is 2. The summed E-state index contributed by atoms with van der Waals surface area (Å²) in [4.78, 5) is -1.02. The van der Waals surface area contributed by atoms with Gasteiger partial charge in [0.25, 0.3) is 0 Å². The molecule has 0 aromatic heterocycles. The molecular weight excluding hydrogens is 171 g/mol. The molecule has 1 aliphatic carbocycles. The summed E-state index contributed by atoms with van der Waals surface area (Å²) in [5.74, 6) is 0. The van der Waals surface area contributed by atoms with Crippen molar-refractivity contribution in [1.29, 1.82) is 0 Å². The average molecular weight is 179 g/mol. The zero-order chi connectivity index (χ0) is 7.78. The van der Waals surface area contributed by atoms with Crippen molar-refractivity contribution < 1.29 is 0 Å². The van der Waals surface area contributed by atoms with E-state index in [2.05, 4.69) is 0 Å². The molecule has 0 aromatic carbocycles. The van der Waals surface area contributed by atoms with Crippen LogP contribution in [0.15, 0.2) is 23.3 Å². The van der Waals surface area contributed by atoms with E-state index in [1.54, 1.807) is 18.2 Å². The Morgan fingerprint density at radius 3 is 2.60 bits per heavy atom. The number of allylic oxidation sites excluding steroid dienone is 2. The predicted octanol–water partition coefficient (Wildman–Crippen LogP) is 0.900. The van der Waals surface area contributed by atoms with Gasteiger partial charge in [-0.2, -0.15) is 0 Å². The van der Waals surface area contributed by atoms with Crippen molar-refractivity contribution in [3.63, 3.8) is 0 Å². The van der Waals surface area contributed by atoms with Crippen LogP contribution in [0.25, 0.3) is 0 Å². The summed E-state index contributed by atoms with van der Waals surface area (Å²) in [6.45, 7) is 0.